The number of nitrogens with zero attached hydrogens (tertiary/aromatic N) is 2. The molecule has 35 heavy (non-hydrogen) atoms. The lowest BCUT2D eigenvalue weighted by Crippen LogP contribution is -2.55. The van der Waals surface area contributed by atoms with Gasteiger partial charge >= 0.3 is 0 Å². The molecule has 0 saturated carbocycles. The van der Waals surface area contributed by atoms with Crippen LogP contribution in [0.25, 0.3) is 0 Å². The van der Waals surface area contributed by atoms with Gasteiger partial charge in [0.2, 0.25) is 0 Å². The van der Waals surface area contributed by atoms with E-state index in [4.69, 9.17) is 4.74 Å². The molecule has 6 rings (SSSR count). The van der Waals surface area contributed by atoms with Gasteiger partial charge in [-0.3, -0.25) is 19.8 Å². The topological polar surface area (TPSA) is 84.7 Å². The maximum absolute atomic E-state index is 13.5. The Morgan fingerprint density at radius 2 is 1.91 bits per heavy atom. The van der Waals surface area contributed by atoms with E-state index in [-0.39, 0.29) is 29.3 Å². The van der Waals surface area contributed by atoms with Crippen LogP contribution >= 0.6 is 0 Å². The number of hydrogen-bond donors (Lipinski definition) is 1. The van der Waals surface area contributed by atoms with Crippen LogP contribution in [0.4, 0.5) is 10.1 Å². The van der Waals surface area contributed by atoms with Crippen LogP contribution in [0.5, 0.6) is 5.75 Å². The zero-order valence-electron chi connectivity index (χ0n) is 18.9. The van der Waals surface area contributed by atoms with Gasteiger partial charge < -0.3 is 10.1 Å². The van der Waals surface area contributed by atoms with Crippen LogP contribution < -0.4 is 10.1 Å². The summed E-state index contributed by atoms with van der Waals surface area (Å²) in [7, 11) is 0. The Morgan fingerprint density at radius 3 is 2.69 bits per heavy atom. The number of rotatable bonds is 5. The maximum Gasteiger partial charge on any atom is 0.256 e. The minimum atomic E-state index is -1.32. The predicted octanol–water partition coefficient (Wildman–Crippen LogP) is 4.46. The highest BCUT2D eigenvalue weighted by Gasteiger charge is 2.73. The first-order chi connectivity index (χ1) is 17.0. The van der Waals surface area contributed by atoms with E-state index in [1.54, 1.807) is 24.3 Å². The van der Waals surface area contributed by atoms with Crippen LogP contribution in [-0.4, -0.2) is 34.4 Å². The molecule has 0 aromatic heterocycles. The number of halogens is 1. The Morgan fingerprint density at radius 1 is 1.11 bits per heavy atom. The van der Waals surface area contributed by atoms with Crippen molar-refractivity contribution in [1.82, 2.24) is 4.90 Å². The largest absolute Gasteiger partial charge is 0.489 e. The van der Waals surface area contributed by atoms with E-state index in [0.29, 0.717) is 29.1 Å². The summed E-state index contributed by atoms with van der Waals surface area (Å²) in [6, 6.07) is 19.6. The molecule has 4 atom stereocenters. The Bertz CT molecular complexity index is 1310. The van der Waals surface area contributed by atoms with E-state index >= 15 is 0 Å². The maximum atomic E-state index is 13.5. The first kappa shape index (κ1) is 21.7. The van der Waals surface area contributed by atoms with Gasteiger partial charge in [0.1, 0.15) is 18.2 Å². The molecule has 1 amide bonds. The lowest BCUT2D eigenvalue weighted by Gasteiger charge is -2.32. The van der Waals surface area contributed by atoms with Gasteiger partial charge in [0.25, 0.3) is 11.9 Å². The number of fused-ring (bicyclic) bond motifs is 4. The van der Waals surface area contributed by atoms with Crippen molar-refractivity contribution in [2.45, 2.75) is 43.0 Å². The van der Waals surface area contributed by atoms with E-state index in [2.05, 4.69) is 10.2 Å². The summed E-state index contributed by atoms with van der Waals surface area (Å²) in [6.45, 7) is 0.858. The van der Waals surface area contributed by atoms with Gasteiger partial charge in [0.15, 0.2) is 5.54 Å². The van der Waals surface area contributed by atoms with Crippen molar-refractivity contribution in [2.24, 2.45) is 0 Å². The van der Waals surface area contributed by atoms with Crippen LogP contribution in [0, 0.1) is 15.9 Å². The summed E-state index contributed by atoms with van der Waals surface area (Å²) in [5, 5.41) is 15.5. The van der Waals surface area contributed by atoms with Gasteiger partial charge in [-0.2, -0.15) is 0 Å². The molecule has 3 aliphatic rings. The molecular formula is C27H24FN3O4. The number of para-hydroxylation sites is 1. The van der Waals surface area contributed by atoms with Crippen LogP contribution in [0.2, 0.25) is 0 Å². The lowest BCUT2D eigenvalue weighted by molar-refractivity contribution is -0.534. The second-order valence-corrected chi connectivity index (χ2v) is 9.41. The van der Waals surface area contributed by atoms with Crippen molar-refractivity contribution < 1.29 is 18.8 Å². The molecule has 2 fully saturated rings. The van der Waals surface area contributed by atoms with Crippen LogP contribution in [0.3, 0.4) is 0 Å². The quantitative estimate of drug-likeness (QED) is 0.437. The van der Waals surface area contributed by atoms with Crippen molar-refractivity contribution in [3.63, 3.8) is 0 Å². The molecule has 3 aromatic carbocycles. The number of ether oxygens (including phenoxy) is 1. The number of amides is 1. The van der Waals surface area contributed by atoms with Gasteiger partial charge in [0.05, 0.1) is 5.92 Å². The summed E-state index contributed by atoms with van der Waals surface area (Å²) in [5.74, 6) is -0.483. The van der Waals surface area contributed by atoms with Crippen molar-refractivity contribution >= 4 is 11.6 Å². The molecule has 3 aromatic rings. The second kappa shape index (κ2) is 8.16. The molecule has 0 radical (unpaired) electrons. The monoisotopic (exact) mass is 473 g/mol. The number of nitro groups is 1. The van der Waals surface area contributed by atoms with E-state index in [9.17, 15) is 19.3 Å². The van der Waals surface area contributed by atoms with Crippen molar-refractivity contribution in [1.29, 1.82) is 0 Å². The van der Waals surface area contributed by atoms with Crippen molar-refractivity contribution in [3.8, 4) is 5.75 Å². The third-order valence-electron chi connectivity index (χ3n) is 7.65. The van der Waals surface area contributed by atoms with Crippen LogP contribution in [0.1, 0.15) is 35.4 Å². The fourth-order valence-corrected chi connectivity index (χ4v) is 6.35. The molecule has 2 saturated heterocycles. The molecule has 1 spiro atoms. The van der Waals surface area contributed by atoms with E-state index in [0.717, 1.165) is 18.4 Å². The number of carbonyl (C=O) groups excluding carboxylic acids is 1. The summed E-state index contributed by atoms with van der Waals surface area (Å²) in [4.78, 5) is 27.9. The smallest absolute Gasteiger partial charge is 0.256 e. The minimum Gasteiger partial charge on any atom is -0.489 e. The summed E-state index contributed by atoms with van der Waals surface area (Å²) in [6.07, 6.45) is 1.68. The molecule has 0 aliphatic carbocycles. The highest BCUT2D eigenvalue weighted by Crippen LogP contribution is 2.58. The van der Waals surface area contributed by atoms with Crippen LogP contribution in [0.15, 0.2) is 72.8 Å². The average Bonchev–Trinajstić information content (AvgIpc) is 3.51. The first-order valence-electron chi connectivity index (χ1n) is 11.8. The standard InChI is InChI=1S/C27H24FN3O4/c28-19-6-3-5-17(15-19)16-35-20-12-10-18(11-13-20)24-23-9-4-14-30(23)27(25(24)31(33)34)21-7-1-2-8-22(21)29-26(27)32/h1-3,5-8,10-13,15,23-25H,4,9,14,16H2,(H,29,32)/t23-,24-,25-,27+/m1/s1. The number of benzene rings is 3. The van der Waals surface area contributed by atoms with E-state index in [1.165, 1.54) is 12.1 Å². The number of carbonyl (C=O) groups is 1. The summed E-state index contributed by atoms with van der Waals surface area (Å²) < 4.78 is 19.2. The molecule has 0 bridgehead atoms. The van der Waals surface area contributed by atoms with Crippen molar-refractivity contribution in [3.05, 3.63) is 105 Å². The number of hydrogen-bond acceptors (Lipinski definition) is 5. The van der Waals surface area contributed by atoms with Gasteiger partial charge in [-0.1, -0.05) is 42.5 Å². The van der Waals surface area contributed by atoms with Gasteiger partial charge in [-0.05, 0) is 54.3 Å². The Kier molecular flexibility index (Phi) is 5.07. The van der Waals surface area contributed by atoms with Crippen molar-refractivity contribution in [2.75, 3.05) is 11.9 Å². The SMILES string of the molecule is O=C1Nc2ccccc2[C@]12[C@H]([N+](=O)[O-])[C@H](c1ccc(OCc3cccc(F)c3)cc1)[C@H]1CCCN12. The Balaban J connectivity index is 1.35. The number of anilines is 1. The summed E-state index contributed by atoms with van der Waals surface area (Å²) >= 11 is 0. The molecule has 178 valence electrons. The second-order valence-electron chi connectivity index (χ2n) is 9.41. The number of nitrogens with one attached hydrogen (secondary N) is 1. The fourth-order valence-electron chi connectivity index (χ4n) is 6.35. The zero-order valence-corrected chi connectivity index (χ0v) is 18.9. The van der Waals surface area contributed by atoms with Crippen LogP contribution in [-0.2, 0) is 16.9 Å². The Hall–Kier alpha value is -3.78. The van der Waals surface area contributed by atoms with Gasteiger partial charge in [-0.25, -0.2) is 4.39 Å². The molecule has 7 nitrogen and oxygen atoms in total. The molecule has 3 aliphatic heterocycles. The molecule has 0 unspecified atom stereocenters. The lowest BCUT2D eigenvalue weighted by atomic mass is 9.77. The zero-order chi connectivity index (χ0) is 24.2. The normalized spacial score (nSPS) is 27.0. The first-order valence-corrected chi connectivity index (χ1v) is 11.8. The highest BCUT2D eigenvalue weighted by molar-refractivity contribution is 6.07. The summed E-state index contributed by atoms with van der Waals surface area (Å²) in [5.41, 5.74) is 1.55. The highest BCUT2D eigenvalue weighted by atomic mass is 19.1. The predicted molar refractivity (Wildman–Crippen MR) is 127 cm³/mol. The third kappa shape index (κ3) is 3.24. The van der Waals surface area contributed by atoms with Gasteiger partial charge in [-0.15, -0.1) is 0 Å². The molecule has 8 heteroatoms. The molecular weight excluding hydrogens is 449 g/mol. The average molecular weight is 474 g/mol. The minimum absolute atomic E-state index is 0.110. The van der Waals surface area contributed by atoms with Gasteiger partial charge in [0, 0.05) is 28.8 Å². The fraction of sp³-hybridized carbons (Fsp3) is 0.296. The molecule has 1 N–H and O–H groups in total. The molecule has 3 heterocycles. The van der Waals surface area contributed by atoms with E-state index in [1.807, 2.05) is 36.4 Å². The third-order valence-corrected chi connectivity index (χ3v) is 7.65. The van der Waals surface area contributed by atoms with E-state index < -0.39 is 17.5 Å². The Labute approximate surface area is 201 Å².